The fourth-order valence-corrected chi connectivity index (χ4v) is 5.07. The van der Waals surface area contributed by atoms with E-state index in [-0.39, 0.29) is 21.2 Å². The lowest BCUT2D eigenvalue weighted by Gasteiger charge is -2.09. The number of carbonyl (C=O) groups is 3. The first kappa shape index (κ1) is 25.5. The average molecular weight is 525 g/mol. The van der Waals surface area contributed by atoms with Gasteiger partial charge >= 0.3 is 11.9 Å². The van der Waals surface area contributed by atoms with Crippen LogP contribution in [0.4, 0.5) is 5.00 Å². The number of benzene rings is 1. The van der Waals surface area contributed by atoms with E-state index in [4.69, 9.17) is 25.8 Å². The van der Waals surface area contributed by atoms with Crippen LogP contribution in [0.3, 0.4) is 0 Å². The minimum Gasteiger partial charge on any atom is -0.496 e. The molecule has 0 aliphatic carbocycles. The van der Waals surface area contributed by atoms with Crippen molar-refractivity contribution in [1.29, 1.82) is 0 Å². The van der Waals surface area contributed by atoms with Gasteiger partial charge in [0.05, 0.1) is 38.2 Å². The maximum Gasteiger partial charge on any atom is 0.348 e. The van der Waals surface area contributed by atoms with Gasteiger partial charge in [0, 0.05) is 12.1 Å². The second-order valence-electron chi connectivity index (χ2n) is 6.79. The molecule has 180 valence electrons. The van der Waals surface area contributed by atoms with Crippen LogP contribution in [-0.2, 0) is 21.3 Å². The lowest BCUT2D eigenvalue weighted by molar-refractivity contribution is -0.113. The van der Waals surface area contributed by atoms with Crippen LogP contribution in [0, 0.1) is 6.92 Å². The predicted molar refractivity (Wildman–Crippen MR) is 129 cm³/mol. The number of esters is 2. The van der Waals surface area contributed by atoms with Gasteiger partial charge in [0.2, 0.25) is 5.91 Å². The number of halogens is 1. The Hall–Kier alpha value is -3.09. The van der Waals surface area contributed by atoms with Gasteiger partial charge in [0.25, 0.3) is 0 Å². The summed E-state index contributed by atoms with van der Waals surface area (Å²) in [6.45, 7) is 1.59. The van der Waals surface area contributed by atoms with Gasteiger partial charge in [-0.3, -0.25) is 4.79 Å². The lowest BCUT2D eigenvalue weighted by Crippen LogP contribution is -2.16. The topological polar surface area (TPSA) is 122 Å². The van der Waals surface area contributed by atoms with Crippen LogP contribution in [0.5, 0.6) is 5.75 Å². The molecule has 2 aromatic heterocycles. The molecule has 0 aliphatic heterocycles. The molecular formula is C21H21ClN4O6S2. The highest BCUT2D eigenvalue weighted by molar-refractivity contribution is 7.99. The molecule has 1 aromatic carbocycles. The highest BCUT2D eigenvalue weighted by atomic mass is 35.5. The first-order chi connectivity index (χ1) is 16.2. The number of nitrogens with zero attached hydrogens (tertiary/aromatic N) is 3. The van der Waals surface area contributed by atoms with E-state index in [2.05, 4.69) is 15.5 Å². The summed E-state index contributed by atoms with van der Waals surface area (Å²) in [4.78, 5) is 37.1. The summed E-state index contributed by atoms with van der Waals surface area (Å²) in [6, 6.07) is 5.16. The Bertz CT molecular complexity index is 1260. The number of nitrogens with one attached hydrogen (secondary N) is 1. The van der Waals surface area contributed by atoms with Crippen molar-refractivity contribution < 1.29 is 28.6 Å². The van der Waals surface area contributed by atoms with E-state index in [0.29, 0.717) is 32.9 Å². The van der Waals surface area contributed by atoms with Crippen molar-refractivity contribution in [3.05, 3.63) is 39.2 Å². The predicted octanol–water partition coefficient (Wildman–Crippen LogP) is 3.82. The van der Waals surface area contributed by atoms with E-state index in [1.807, 2.05) is 0 Å². The molecule has 0 unspecified atom stereocenters. The summed E-state index contributed by atoms with van der Waals surface area (Å²) >= 11 is 8.21. The quantitative estimate of drug-likeness (QED) is 0.346. The molecule has 13 heteroatoms. The fourth-order valence-electron chi connectivity index (χ4n) is 3.06. The molecule has 0 bridgehead atoms. The van der Waals surface area contributed by atoms with Crippen LogP contribution >= 0.6 is 34.7 Å². The Kier molecular flexibility index (Phi) is 8.18. The normalized spacial score (nSPS) is 10.6. The third kappa shape index (κ3) is 5.18. The summed E-state index contributed by atoms with van der Waals surface area (Å²) in [6.07, 6.45) is 0. The van der Waals surface area contributed by atoms with Gasteiger partial charge in [-0.1, -0.05) is 23.4 Å². The van der Waals surface area contributed by atoms with E-state index < -0.39 is 17.8 Å². The standard InChI is InChI=1S/C21H21ClN4O6S2/c1-10-15(19(28)31-4)18(34-16(10)20(29)32-5)23-14(27)9-33-21-25-24-17(26(21)2)12-8-11(22)6-7-13(12)30-3/h6-8H,9H2,1-5H3,(H,23,27). The van der Waals surface area contributed by atoms with E-state index in [0.717, 1.165) is 23.1 Å². The Morgan fingerprint density at radius 2 is 1.85 bits per heavy atom. The highest BCUT2D eigenvalue weighted by Gasteiger charge is 2.27. The number of anilines is 1. The highest BCUT2D eigenvalue weighted by Crippen LogP contribution is 2.35. The van der Waals surface area contributed by atoms with Crippen molar-refractivity contribution >= 4 is 57.5 Å². The Balaban J connectivity index is 1.78. The van der Waals surface area contributed by atoms with Crippen molar-refractivity contribution in [2.24, 2.45) is 7.05 Å². The van der Waals surface area contributed by atoms with E-state index in [9.17, 15) is 14.4 Å². The van der Waals surface area contributed by atoms with Crippen molar-refractivity contribution in [3.8, 4) is 17.1 Å². The molecule has 0 spiro atoms. The number of aromatic nitrogens is 3. The van der Waals surface area contributed by atoms with Gasteiger partial charge in [-0.2, -0.15) is 0 Å². The molecule has 0 saturated heterocycles. The Labute approximate surface area is 208 Å². The van der Waals surface area contributed by atoms with Gasteiger partial charge in [0.1, 0.15) is 15.6 Å². The molecule has 3 aromatic rings. The third-order valence-electron chi connectivity index (χ3n) is 4.73. The van der Waals surface area contributed by atoms with Gasteiger partial charge in [-0.15, -0.1) is 21.5 Å². The maximum atomic E-state index is 12.7. The Morgan fingerprint density at radius 3 is 2.50 bits per heavy atom. The maximum absolute atomic E-state index is 12.7. The first-order valence-electron chi connectivity index (χ1n) is 9.67. The third-order valence-corrected chi connectivity index (χ3v) is 7.17. The van der Waals surface area contributed by atoms with Crippen LogP contribution in [0.15, 0.2) is 23.4 Å². The summed E-state index contributed by atoms with van der Waals surface area (Å²) in [5.41, 5.74) is 1.15. The Morgan fingerprint density at radius 1 is 1.15 bits per heavy atom. The lowest BCUT2D eigenvalue weighted by atomic mass is 10.1. The molecule has 0 radical (unpaired) electrons. The second-order valence-corrected chi connectivity index (χ2v) is 9.19. The second kappa shape index (κ2) is 10.9. The molecular weight excluding hydrogens is 504 g/mol. The molecule has 3 rings (SSSR count). The summed E-state index contributed by atoms with van der Waals surface area (Å²) in [5, 5.41) is 12.2. The number of methoxy groups -OCH3 is 3. The zero-order valence-electron chi connectivity index (χ0n) is 18.9. The molecule has 1 N–H and O–H groups in total. The molecule has 34 heavy (non-hydrogen) atoms. The van der Waals surface area contributed by atoms with E-state index >= 15 is 0 Å². The monoisotopic (exact) mass is 524 g/mol. The van der Waals surface area contributed by atoms with E-state index in [1.165, 1.54) is 14.2 Å². The number of hydrogen-bond acceptors (Lipinski definition) is 10. The number of carbonyl (C=O) groups excluding carboxylic acids is 3. The fraction of sp³-hybridized carbons (Fsp3) is 0.286. The van der Waals surface area contributed by atoms with Crippen LogP contribution in [0.25, 0.3) is 11.4 Å². The van der Waals surface area contributed by atoms with Crippen molar-refractivity contribution in [3.63, 3.8) is 0 Å². The van der Waals surface area contributed by atoms with Crippen LogP contribution < -0.4 is 10.1 Å². The SMILES string of the molecule is COC(=O)c1sc(NC(=O)CSc2nnc(-c3cc(Cl)ccc3OC)n2C)c(C(=O)OC)c1C. The number of hydrogen-bond donors (Lipinski definition) is 1. The summed E-state index contributed by atoms with van der Waals surface area (Å²) in [7, 11) is 5.77. The first-order valence-corrected chi connectivity index (χ1v) is 11.9. The average Bonchev–Trinajstić information content (AvgIpc) is 3.35. The van der Waals surface area contributed by atoms with Crippen LogP contribution in [0.1, 0.15) is 25.6 Å². The largest absolute Gasteiger partial charge is 0.496 e. The smallest absolute Gasteiger partial charge is 0.348 e. The summed E-state index contributed by atoms with van der Waals surface area (Å²) < 4.78 is 16.7. The number of thiophene rings is 1. The number of amides is 1. The van der Waals surface area contributed by atoms with Gasteiger partial charge < -0.3 is 24.1 Å². The molecule has 1 amide bonds. The van der Waals surface area contributed by atoms with Crippen LogP contribution in [0.2, 0.25) is 5.02 Å². The molecule has 0 saturated carbocycles. The van der Waals surface area contributed by atoms with Gasteiger partial charge in [-0.25, -0.2) is 9.59 Å². The molecule has 2 heterocycles. The van der Waals surface area contributed by atoms with Crippen molar-refractivity contribution in [1.82, 2.24) is 14.8 Å². The molecule has 10 nitrogen and oxygen atoms in total. The molecule has 0 aliphatic rings. The minimum atomic E-state index is -0.666. The zero-order chi connectivity index (χ0) is 25.0. The van der Waals surface area contributed by atoms with Crippen LogP contribution in [-0.4, -0.2) is 59.7 Å². The summed E-state index contributed by atoms with van der Waals surface area (Å²) in [5.74, 6) is -0.599. The number of ether oxygens (including phenoxy) is 3. The minimum absolute atomic E-state index is 0.0240. The molecule has 0 fully saturated rings. The van der Waals surface area contributed by atoms with E-state index in [1.54, 1.807) is 43.8 Å². The van der Waals surface area contributed by atoms with Gasteiger partial charge in [-0.05, 0) is 30.7 Å². The number of rotatable bonds is 8. The number of thioether (sulfide) groups is 1. The molecule has 0 atom stereocenters. The zero-order valence-corrected chi connectivity index (χ0v) is 21.3. The van der Waals surface area contributed by atoms with Crippen molar-refractivity contribution in [2.75, 3.05) is 32.4 Å². The van der Waals surface area contributed by atoms with Crippen molar-refractivity contribution in [2.45, 2.75) is 12.1 Å². The van der Waals surface area contributed by atoms with Gasteiger partial charge in [0.15, 0.2) is 11.0 Å².